The summed E-state index contributed by atoms with van der Waals surface area (Å²) in [7, 11) is 0. The van der Waals surface area contributed by atoms with Crippen LogP contribution in [0.3, 0.4) is 0 Å². The van der Waals surface area contributed by atoms with E-state index >= 15 is 0 Å². The quantitative estimate of drug-likeness (QED) is 0.775. The Morgan fingerprint density at radius 2 is 1.87 bits per heavy atom. The van der Waals surface area contributed by atoms with Gasteiger partial charge in [0.05, 0.1) is 0 Å². The minimum absolute atomic E-state index is 0.149. The maximum Gasteiger partial charge on any atom is 0.0410 e. The van der Waals surface area contributed by atoms with Crippen molar-refractivity contribution in [2.45, 2.75) is 64.0 Å². The molecule has 1 aliphatic carbocycles. The molecule has 0 aromatic rings. The zero-order chi connectivity index (χ0) is 10.9. The topological polar surface area (TPSA) is 29.3 Å². The first kappa shape index (κ1) is 11.4. The van der Waals surface area contributed by atoms with Crippen molar-refractivity contribution >= 4 is 0 Å². The molecule has 88 valence electrons. The van der Waals surface area contributed by atoms with E-state index in [0.29, 0.717) is 0 Å². The fourth-order valence-electron chi connectivity index (χ4n) is 3.37. The van der Waals surface area contributed by atoms with E-state index in [1.165, 1.54) is 32.1 Å². The summed E-state index contributed by atoms with van der Waals surface area (Å²) in [6.07, 6.45) is 8.23. The van der Waals surface area contributed by atoms with Gasteiger partial charge in [0, 0.05) is 24.7 Å². The van der Waals surface area contributed by atoms with Crippen LogP contribution >= 0.6 is 0 Å². The number of likely N-dealkylation sites (tertiary alicyclic amines) is 1. The monoisotopic (exact) mass is 210 g/mol. The van der Waals surface area contributed by atoms with Crippen LogP contribution in [-0.4, -0.2) is 29.6 Å². The van der Waals surface area contributed by atoms with Gasteiger partial charge in [0.2, 0.25) is 0 Å². The fourth-order valence-corrected chi connectivity index (χ4v) is 3.37. The Labute approximate surface area is 94.2 Å². The van der Waals surface area contributed by atoms with E-state index in [0.717, 1.165) is 31.5 Å². The molecule has 1 saturated carbocycles. The zero-order valence-corrected chi connectivity index (χ0v) is 10.3. The zero-order valence-electron chi connectivity index (χ0n) is 10.3. The molecule has 2 atom stereocenters. The number of hydrogen-bond donors (Lipinski definition) is 1. The van der Waals surface area contributed by atoms with E-state index in [4.69, 9.17) is 5.73 Å². The second kappa shape index (κ2) is 4.42. The molecule has 2 heteroatoms. The van der Waals surface area contributed by atoms with Gasteiger partial charge in [0.25, 0.3) is 0 Å². The number of rotatable bonds is 3. The van der Waals surface area contributed by atoms with E-state index in [2.05, 4.69) is 18.7 Å². The lowest BCUT2D eigenvalue weighted by molar-refractivity contribution is -0.0126. The predicted octanol–water partition coefficient (Wildman–Crippen LogP) is 2.38. The molecule has 15 heavy (non-hydrogen) atoms. The van der Waals surface area contributed by atoms with Crippen LogP contribution in [0.2, 0.25) is 0 Å². The van der Waals surface area contributed by atoms with Gasteiger partial charge in [-0.3, -0.25) is 4.90 Å². The maximum absolute atomic E-state index is 6.24. The first-order valence-corrected chi connectivity index (χ1v) is 6.71. The average molecular weight is 210 g/mol. The molecular formula is C13H26N2. The molecule has 2 fully saturated rings. The highest BCUT2D eigenvalue weighted by atomic mass is 15.3. The molecule has 2 aliphatic rings. The predicted molar refractivity (Wildman–Crippen MR) is 64.8 cm³/mol. The smallest absolute Gasteiger partial charge is 0.0410 e. The van der Waals surface area contributed by atoms with Crippen LogP contribution in [0.15, 0.2) is 0 Å². The SMILES string of the molecule is CCC1CCCCC1N1CC(N)(CC)C1. The van der Waals surface area contributed by atoms with Crippen LogP contribution < -0.4 is 5.73 Å². The molecule has 2 unspecified atom stereocenters. The summed E-state index contributed by atoms with van der Waals surface area (Å²) in [5.41, 5.74) is 6.39. The summed E-state index contributed by atoms with van der Waals surface area (Å²) >= 11 is 0. The minimum Gasteiger partial charge on any atom is -0.323 e. The van der Waals surface area contributed by atoms with Gasteiger partial charge in [0.15, 0.2) is 0 Å². The summed E-state index contributed by atoms with van der Waals surface area (Å²) in [4.78, 5) is 2.65. The molecule has 0 bridgehead atoms. The van der Waals surface area contributed by atoms with Crippen molar-refractivity contribution < 1.29 is 0 Å². The first-order valence-electron chi connectivity index (χ1n) is 6.71. The van der Waals surface area contributed by atoms with Gasteiger partial charge in [-0.1, -0.05) is 33.1 Å². The molecule has 1 heterocycles. The Kier molecular flexibility index (Phi) is 3.36. The fraction of sp³-hybridized carbons (Fsp3) is 1.00. The van der Waals surface area contributed by atoms with Crippen molar-refractivity contribution in [1.82, 2.24) is 4.90 Å². The molecule has 0 aromatic carbocycles. The van der Waals surface area contributed by atoms with Crippen molar-refractivity contribution in [3.05, 3.63) is 0 Å². The highest BCUT2D eigenvalue weighted by Crippen LogP contribution is 2.35. The number of nitrogens with zero attached hydrogens (tertiary/aromatic N) is 1. The van der Waals surface area contributed by atoms with Crippen molar-refractivity contribution in [3.8, 4) is 0 Å². The highest BCUT2D eigenvalue weighted by molar-refractivity contribution is 5.02. The Morgan fingerprint density at radius 3 is 2.47 bits per heavy atom. The minimum atomic E-state index is 0.149. The molecular weight excluding hydrogens is 184 g/mol. The van der Waals surface area contributed by atoms with Crippen molar-refractivity contribution in [2.24, 2.45) is 11.7 Å². The van der Waals surface area contributed by atoms with Gasteiger partial charge in [-0.05, 0) is 25.2 Å². The Hall–Kier alpha value is -0.0800. The van der Waals surface area contributed by atoms with Gasteiger partial charge in [-0.2, -0.15) is 0 Å². The van der Waals surface area contributed by atoms with E-state index in [9.17, 15) is 0 Å². The van der Waals surface area contributed by atoms with Crippen LogP contribution in [0.5, 0.6) is 0 Å². The summed E-state index contributed by atoms with van der Waals surface area (Å²) in [6.45, 7) is 6.85. The third-order valence-electron chi connectivity index (χ3n) is 4.60. The molecule has 1 aliphatic heterocycles. The molecule has 1 saturated heterocycles. The molecule has 2 nitrogen and oxygen atoms in total. The average Bonchev–Trinajstić information content (AvgIpc) is 2.25. The van der Waals surface area contributed by atoms with Gasteiger partial charge in [0.1, 0.15) is 0 Å². The van der Waals surface area contributed by atoms with Crippen LogP contribution in [-0.2, 0) is 0 Å². The lowest BCUT2D eigenvalue weighted by atomic mass is 9.77. The van der Waals surface area contributed by atoms with E-state index in [1.54, 1.807) is 0 Å². The van der Waals surface area contributed by atoms with E-state index < -0.39 is 0 Å². The molecule has 2 N–H and O–H groups in total. The maximum atomic E-state index is 6.24. The van der Waals surface area contributed by atoms with E-state index in [1.807, 2.05) is 0 Å². The Balaban J connectivity index is 1.88. The van der Waals surface area contributed by atoms with Crippen molar-refractivity contribution in [1.29, 1.82) is 0 Å². The third-order valence-corrected chi connectivity index (χ3v) is 4.60. The molecule has 0 amide bonds. The lowest BCUT2D eigenvalue weighted by Gasteiger charge is -2.54. The highest BCUT2D eigenvalue weighted by Gasteiger charge is 2.43. The summed E-state index contributed by atoms with van der Waals surface area (Å²) < 4.78 is 0. The summed E-state index contributed by atoms with van der Waals surface area (Å²) in [5.74, 6) is 0.945. The van der Waals surface area contributed by atoms with Crippen LogP contribution in [0.1, 0.15) is 52.4 Å². The largest absolute Gasteiger partial charge is 0.323 e. The van der Waals surface area contributed by atoms with Crippen molar-refractivity contribution in [2.75, 3.05) is 13.1 Å². The normalized spacial score (nSPS) is 36.2. The molecule has 0 aromatic heterocycles. The Bertz CT molecular complexity index is 209. The molecule has 0 spiro atoms. The lowest BCUT2D eigenvalue weighted by Crippen LogP contribution is -2.70. The van der Waals surface area contributed by atoms with Gasteiger partial charge in [-0.15, -0.1) is 0 Å². The van der Waals surface area contributed by atoms with Gasteiger partial charge >= 0.3 is 0 Å². The van der Waals surface area contributed by atoms with Gasteiger partial charge in [-0.25, -0.2) is 0 Å². The van der Waals surface area contributed by atoms with Crippen molar-refractivity contribution in [3.63, 3.8) is 0 Å². The van der Waals surface area contributed by atoms with Gasteiger partial charge < -0.3 is 5.73 Å². The van der Waals surface area contributed by atoms with Crippen LogP contribution in [0.4, 0.5) is 0 Å². The standard InChI is InChI=1S/C13H26N2/c1-3-11-7-5-6-8-12(11)15-9-13(14,4-2)10-15/h11-12H,3-10,14H2,1-2H3. The first-order chi connectivity index (χ1) is 7.18. The number of hydrogen-bond acceptors (Lipinski definition) is 2. The number of nitrogens with two attached hydrogens (primary N) is 1. The second-order valence-electron chi connectivity index (χ2n) is 5.64. The molecule has 2 rings (SSSR count). The van der Waals surface area contributed by atoms with E-state index in [-0.39, 0.29) is 5.54 Å². The summed E-state index contributed by atoms with van der Waals surface area (Å²) in [5, 5.41) is 0. The van der Waals surface area contributed by atoms with Crippen LogP contribution in [0, 0.1) is 5.92 Å². The summed E-state index contributed by atoms with van der Waals surface area (Å²) in [6, 6.07) is 0.854. The van der Waals surface area contributed by atoms with Crippen LogP contribution in [0.25, 0.3) is 0 Å². The Morgan fingerprint density at radius 1 is 1.20 bits per heavy atom. The molecule has 0 radical (unpaired) electrons. The third kappa shape index (κ3) is 2.21. The second-order valence-corrected chi connectivity index (χ2v) is 5.64.